The number of amidine groups is 1. The van der Waals surface area contributed by atoms with Crippen molar-refractivity contribution in [2.45, 2.75) is 59.3 Å². The molecule has 0 spiro atoms. The molecule has 2 aromatic rings. The molecular weight excluding hydrogens is 404 g/mol. The van der Waals surface area contributed by atoms with Crippen molar-refractivity contribution in [3.05, 3.63) is 64.1 Å². The highest BCUT2D eigenvalue weighted by molar-refractivity contribution is 8.18. The fourth-order valence-corrected chi connectivity index (χ4v) is 4.24. The van der Waals surface area contributed by atoms with E-state index in [0.717, 1.165) is 35.6 Å². The number of hydrogen-bond donors (Lipinski definition) is 1. The third-order valence-corrected chi connectivity index (χ3v) is 6.08. The Morgan fingerprint density at radius 3 is 2.48 bits per heavy atom. The van der Waals surface area contributed by atoms with Crippen LogP contribution in [-0.4, -0.2) is 17.7 Å². The first kappa shape index (κ1) is 23.1. The zero-order chi connectivity index (χ0) is 22.1. The Kier molecular flexibility index (Phi) is 8.77. The van der Waals surface area contributed by atoms with E-state index in [0.29, 0.717) is 10.1 Å². The Morgan fingerprint density at radius 1 is 1.00 bits per heavy atom. The number of hydrogen-bond acceptors (Lipinski definition) is 4. The van der Waals surface area contributed by atoms with Crippen LogP contribution >= 0.6 is 11.8 Å². The number of thioether (sulfide) groups is 1. The first-order valence-electron chi connectivity index (χ1n) is 11.1. The Balaban J connectivity index is 1.53. The summed E-state index contributed by atoms with van der Waals surface area (Å²) in [4.78, 5) is 17.6. The van der Waals surface area contributed by atoms with E-state index < -0.39 is 0 Å². The number of carbonyl (C=O) groups is 1. The van der Waals surface area contributed by atoms with Crippen LogP contribution in [0.15, 0.2) is 52.4 Å². The second-order valence-corrected chi connectivity index (χ2v) is 8.99. The van der Waals surface area contributed by atoms with Crippen molar-refractivity contribution in [1.82, 2.24) is 5.32 Å². The van der Waals surface area contributed by atoms with Gasteiger partial charge >= 0.3 is 0 Å². The third-order valence-electron chi connectivity index (χ3n) is 5.17. The van der Waals surface area contributed by atoms with Gasteiger partial charge < -0.3 is 10.1 Å². The van der Waals surface area contributed by atoms with Crippen LogP contribution in [0.25, 0.3) is 6.08 Å². The monoisotopic (exact) mass is 436 g/mol. The summed E-state index contributed by atoms with van der Waals surface area (Å²) in [5.41, 5.74) is 4.14. The van der Waals surface area contributed by atoms with Crippen molar-refractivity contribution in [2.24, 2.45) is 4.99 Å². The summed E-state index contributed by atoms with van der Waals surface area (Å²) in [6.07, 6.45) is 9.42. The molecule has 0 saturated carbocycles. The molecular formula is C26H32N2O2S. The van der Waals surface area contributed by atoms with Gasteiger partial charge in [-0.05, 0) is 67.4 Å². The van der Waals surface area contributed by atoms with Crippen LogP contribution in [0, 0.1) is 13.8 Å². The van der Waals surface area contributed by atoms with Gasteiger partial charge in [0.15, 0.2) is 5.17 Å². The fraction of sp³-hybridized carbons (Fsp3) is 0.385. The standard InChI is InChI=1S/C26H32N2O2S/c1-4-5-6-7-8-9-16-30-22-13-11-21(12-14-22)18-24-25(29)28-26(31-24)27-23-15-10-19(2)17-20(23)3/h10-15,17-18H,4-9,16H2,1-3H3,(H,27,28,29)/b24-18-. The van der Waals surface area contributed by atoms with Crippen LogP contribution in [0.1, 0.15) is 62.1 Å². The van der Waals surface area contributed by atoms with Gasteiger partial charge in [-0.25, -0.2) is 4.99 Å². The van der Waals surface area contributed by atoms with Gasteiger partial charge in [0.1, 0.15) is 5.75 Å². The number of nitrogens with one attached hydrogen (secondary N) is 1. The molecule has 1 aliphatic rings. The zero-order valence-corrected chi connectivity index (χ0v) is 19.6. The average molecular weight is 437 g/mol. The van der Waals surface area contributed by atoms with Crippen molar-refractivity contribution >= 4 is 34.6 Å². The number of unbranched alkanes of at least 4 members (excludes halogenated alkanes) is 5. The summed E-state index contributed by atoms with van der Waals surface area (Å²) in [5.74, 6) is 0.758. The second kappa shape index (κ2) is 11.8. The molecule has 1 aliphatic heterocycles. The largest absolute Gasteiger partial charge is 0.494 e. The average Bonchev–Trinajstić information content (AvgIpc) is 3.09. The van der Waals surface area contributed by atoms with E-state index in [1.165, 1.54) is 49.4 Å². The highest BCUT2D eigenvalue weighted by atomic mass is 32.2. The molecule has 1 fully saturated rings. The topological polar surface area (TPSA) is 50.7 Å². The number of aryl methyl sites for hydroxylation is 2. The maximum absolute atomic E-state index is 12.3. The molecule has 0 atom stereocenters. The predicted molar refractivity (Wildman–Crippen MR) is 132 cm³/mol. The molecule has 4 nitrogen and oxygen atoms in total. The van der Waals surface area contributed by atoms with Gasteiger partial charge in [-0.3, -0.25) is 4.79 Å². The molecule has 31 heavy (non-hydrogen) atoms. The van der Waals surface area contributed by atoms with Gasteiger partial charge in [0.2, 0.25) is 0 Å². The molecule has 3 rings (SSSR count). The minimum atomic E-state index is -0.114. The van der Waals surface area contributed by atoms with Gasteiger partial charge in [-0.1, -0.05) is 68.9 Å². The van der Waals surface area contributed by atoms with Crippen molar-refractivity contribution < 1.29 is 9.53 Å². The van der Waals surface area contributed by atoms with Gasteiger partial charge in [0.25, 0.3) is 5.91 Å². The fourth-order valence-electron chi connectivity index (χ4n) is 3.40. The van der Waals surface area contributed by atoms with Crippen LogP contribution in [-0.2, 0) is 4.79 Å². The number of ether oxygens (including phenoxy) is 1. The van der Waals surface area contributed by atoms with Crippen molar-refractivity contribution in [1.29, 1.82) is 0 Å². The molecule has 0 aromatic heterocycles. The smallest absolute Gasteiger partial charge is 0.264 e. The lowest BCUT2D eigenvalue weighted by Gasteiger charge is -2.06. The molecule has 2 aromatic carbocycles. The first-order valence-corrected chi connectivity index (χ1v) is 12.0. The molecule has 1 amide bonds. The number of amides is 1. The maximum atomic E-state index is 12.3. The summed E-state index contributed by atoms with van der Waals surface area (Å²) in [5, 5.41) is 3.47. The van der Waals surface area contributed by atoms with Crippen LogP contribution in [0.2, 0.25) is 0 Å². The van der Waals surface area contributed by atoms with E-state index in [1.54, 1.807) is 0 Å². The molecule has 1 saturated heterocycles. The van der Waals surface area contributed by atoms with Crippen molar-refractivity contribution in [3.8, 4) is 5.75 Å². The van der Waals surface area contributed by atoms with E-state index in [-0.39, 0.29) is 5.91 Å². The van der Waals surface area contributed by atoms with Gasteiger partial charge in [-0.2, -0.15) is 0 Å². The van der Waals surface area contributed by atoms with E-state index in [2.05, 4.69) is 30.2 Å². The van der Waals surface area contributed by atoms with Gasteiger partial charge in [0, 0.05) is 0 Å². The number of benzene rings is 2. The number of carbonyl (C=O) groups excluding carboxylic acids is 1. The summed E-state index contributed by atoms with van der Waals surface area (Å²) in [6, 6.07) is 14.0. The Hall–Kier alpha value is -2.53. The minimum absolute atomic E-state index is 0.114. The van der Waals surface area contributed by atoms with Crippen LogP contribution < -0.4 is 10.1 Å². The Bertz CT molecular complexity index is 948. The molecule has 0 aliphatic carbocycles. The van der Waals surface area contributed by atoms with Crippen molar-refractivity contribution in [2.75, 3.05) is 6.61 Å². The number of rotatable bonds is 10. The van der Waals surface area contributed by atoms with E-state index in [4.69, 9.17) is 4.74 Å². The Labute approximate surface area is 190 Å². The molecule has 0 radical (unpaired) electrons. The van der Waals surface area contributed by atoms with E-state index >= 15 is 0 Å². The second-order valence-electron chi connectivity index (χ2n) is 7.96. The minimum Gasteiger partial charge on any atom is -0.494 e. The summed E-state index contributed by atoms with van der Waals surface area (Å²) < 4.78 is 5.84. The lowest BCUT2D eigenvalue weighted by Crippen LogP contribution is -2.19. The Morgan fingerprint density at radius 2 is 1.74 bits per heavy atom. The molecule has 1 heterocycles. The highest BCUT2D eigenvalue weighted by Crippen LogP contribution is 2.29. The molecule has 1 N–H and O–H groups in total. The highest BCUT2D eigenvalue weighted by Gasteiger charge is 2.23. The normalized spacial score (nSPS) is 16.2. The zero-order valence-electron chi connectivity index (χ0n) is 18.7. The van der Waals surface area contributed by atoms with E-state index in [9.17, 15) is 4.79 Å². The number of nitrogens with zero attached hydrogens (tertiary/aromatic N) is 1. The molecule has 0 unspecified atom stereocenters. The quantitative estimate of drug-likeness (QED) is 0.324. The van der Waals surface area contributed by atoms with Crippen LogP contribution in [0.5, 0.6) is 5.75 Å². The summed E-state index contributed by atoms with van der Waals surface area (Å²) in [7, 11) is 0. The summed E-state index contributed by atoms with van der Waals surface area (Å²) >= 11 is 1.37. The van der Waals surface area contributed by atoms with Crippen LogP contribution in [0.3, 0.4) is 0 Å². The lowest BCUT2D eigenvalue weighted by molar-refractivity contribution is -0.115. The number of aliphatic imine (C=N–C) groups is 1. The van der Waals surface area contributed by atoms with Gasteiger partial charge in [0.05, 0.1) is 17.2 Å². The van der Waals surface area contributed by atoms with Gasteiger partial charge in [-0.15, -0.1) is 0 Å². The van der Waals surface area contributed by atoms with E-state index in [1.807, 2.05) is 49.4 Å². The molecule has 5 heteroatoms. The SMILES string of the molecule is CCCCCCCCOc1ccc(/C=C2\SC(=Nc3ccc(C)cc3C)NC2=O)cc1. The first-order chi connectivity index (χ1) is 15.0. The maximum Gasteiger partial charge on any atom is 0.264 e. The third kappa shape index (κ3) is 7.28. The summed E-state index contributed by atoms with van der Waals surface area (Å²) in [6.45, 7) is 7.07. The molecule has 0 bridgehead atoms. The lowest BCUT2D eigenvalue weighted by atomic mass is 10.1. The van der Waals surface area contributed by atoms with Crippen LogP contribution in [0.4, 0.5) is 5.69 Å². The predicted octanol–water partition coefficient (Wildman–Crippen LogP) is 6.93. The van der Waals surface area contributed by atoms with Crippen molar-refractivity contribution in [3.63, 3.8) is 0 Å². The molecule has 164 valence electrons.